The first kappa shape index (κ1) is 17.2. The van der Waals surface area contributed by atoms with Gasteiger partial charge >= 0.3 is 11.6 Å². The molecule has 1 aromatic heterocycles. The van der Waals surface area contributed by atoms with Crippen LogP contribution >= 0.6 is 0 Å². The number of fused-ring (bicyclic) bond motifs is 3. The Kier molecular flexibility index (Phi) is 4.14. The van der Waals surface area contributed by atoms with Gasteiger partial charge in [0.05, 0.1) is 0 Å². The average molecular weight is 344 g/mol. The van der Waals surface area contributed by atoms with Crippen molar-refractivity contribution >= 4 is 22.7 Å². The summed E-state index contributed by atoms with van der Waals surface area (Å²) in [5.41, 5.74) is -1.31. The molecule has 3 rings (SSSR count). The van der Waals surface area contributed by atoms with E-state index in [4.69, 9.17) is 13.9 Å². The predicted octanol–water partition coefficient (Wildman–Crippen LogP) is 3.10. The molecule has 6 heteroatoms. The van der Waals surface area contributed by atoms with Gasteiger partial charge in [0.15, 0.2) is 5.58 Å². The van der Waals surface area contributed by atoms with Gasteiger partial charge in [-0.25, -0.2) is 4.79 Å². The minimum Gasteiger partial charge on any atom is -0.483 e. The number of Topliss-reactive ketones (excluding diaryl/α,β-unsaturated/α-hetero) is 1. The van der Waals surface area contributed by atoms with Crippen molar-refractivity contribution < 1.29 is 23.5 Å². The van der Waals surface area contributed by atoms with E-state index in [-0.39, 0.29) is 23.5 Å². The normalized spacial score (nSPS) is 18.8. The number of benzene rings is 1. The van der Waals surface area contributed by atoms with Crippen molar-refractivity contribution in [1.29, 1.82) is 0 Å². The molecule has 0 spiro atoms. The molecule has 1 atom stereocenters. The monoisotopic (exact) mass is 344 g/mol. The summed E-state index contributed by atoms with van der Waals surface area (Å²) in [4.78, 5) is 36.7. The zero-order valence-electron chi connectivity index (χ0n) is 14.6. The van der Waals surface area contributed by atoms with Crippen molar-refractivity contribution in [2.75, 3.05) is 0 Å². The van der Waals surface area contributed by atoms with Crippen LogP contribution in [0.1, 0.15) is 44.5 Å². The summed E-state index contributed by atoms with van der Waals surface area (Å²) >= 11 is 0. The molecule has 0 amide bonds. The lowest BCUT2D eigenvalue weighted by molar-refractivity contribution is -0.156. The van der Waals surface area contributed by atoms with Gasteiger partial charge in [0.1, 0.15) is 16.9 Å². The Morgan fingerprint density at radius 1 is 1.20 bits per heavy atom. The standard InChI is InChI=1S/C19H20O6/c1-10(2)9-14(21)24-18-16(22)15-12(25-19(18,3)4)7-5-11-6-8-13(20)23-17(11)15/h5-8,10,18H,9H2,1-4H3. The van der Waals surface area contributed by atoms with Crippen LogP contribution in [-0.4, -0.2) is 23.5 Å². The molecule has 132 valence electrons. The fourth-order valence-corrected chi connectivity index (χ4v) is 2.92. The smallest absolute Gasteiger partial charge is 0.336 e. The maximum absolute atomic E-state index is 13.1. The quantitative estimate of drug-likeness (QED) is 0.628. The first-order valence-electron chi connectivity index (χ1n) is 8.18. The van der Waals surface area contributed by atoms with Gasteiger partial charge in [0.25, 0.3) is 0 Å². The second kappa shape index (κ2) is 6.02. The third-order valence-corrected chi connectivity index (χ3v) is 4.06. The van der Waals surface area contributed by atoms with Gasteiger partial charge < -0.3 is 13.9 Å². The van der Waals surface area contributed by atoms with Gasteiger partial charge in [0, 0.05) is 17.9 Å². The number of ketones is 1. The number of ether oxygens (including phenoxy) is 2. The van der Waals surface area contributed by atoms with Crippen molar-refractivity contribution in [2.24, 2.45) is 5.92 Å². The summed E-state index contributed by atoms with van der Waals surface area (Å²) in [6.07, 6.45) is -0.903. The summed E-state index contributed by atoms with van der Waals surface area (Å²) in [5.74, 6) is -0.465. The fourth-order valence-electron chi connectivity index (χ4n) is 2.92. The van der Waals surface area contributed by atoms with Gasteiger partial charge in [-0.3, -0.25) is 9.59 Å². The highest BCUT2D eigenvalue weighted by Crippen LogP contribution is 2.38. The molecule has 1 unspecified atom stereocenters. The highest BCUT2D eigenvalue weighted by atomic mass is 16.6. The SMILES string of the molecule is CC(C)CC(=O)OC1C(=O)c2c(ccc3ccc(=O)oc23)OC1(C)C. The molecule has 25 heavy (non-hydrogen) atoms. The van der Waals surface area contributed by atoms with E-state index in [0.717, 1.165) is 0 Å². The van der Waals surface area contributed by atoms with Crippen LogP contribution in [0.2, 0.25) is 0 Å². The molecule has 0 aliphatic carbocycles. The zero-order valence-corrected chi connectivity index (χ0v) is 14.6. The molecular formula is C19H20O6. The van der Waals surface area contributed by atoms with Crippen LogP contribution in [0.5, 0.6) is 5.75 Å². The maximum Gasteiger partial charge on any atom is 0.336 e. The van der Waals surface area contributed by atoms with E-state index in [1.54, 1.807) is 32.0 Å². The van der Waals surface area contributed by atoms with Crippen LogP contribution in [0.4, 0.5) is 0 Å². The average Bonchev–Trinajstić information content (AvgIpc) is 2.49. The molecule has 0 saturated heterocycles. The van der Waals surface area contributed by atoms with E-state index in [1.165, 1.54) is 6.07 Å². The molecule has 0 radical (unpaired) electrons. The summed E-state index contributed by atoms with van der Waals surface area (Å²) in [7, 11) is 0. The molecule has 0 bridgehead atoms. The van der Waals surface area contributed by atoms with Gasteiger partial charge in [-0.15, -0.1) is 0 Å². The topological polar surface area (TPSA) is 82.8 Å². The highest BCUT2D eigenvalue weighted by molar-refractivity contribution is 6.12. The van der Waals surface area contributed by atoms with Crippen LogP contribution in [0.25, 0.3) is 11.0 Å². The van der Waals surface area contributed by atoms with E-state index in [2.05, 4.69) is 0 Å². The van der Waals surface area contributed by atoms with Crippen molar-refractivity contribution in [1.82, 2.24) is 0 Å². The number of hydrogen-bond donors (Lipinski definition) is 0. The lowest BCUT2D eigenvalue weighted by atomic mass is 9.88. The van der Waals surface area contributed by atoms with Crippen molar-refractivity contribution in [3.8, 4) is 5.75 Å². The van der Waals surface area contributed by atoms with E-state index < -0.39 is 29.1 Å². The fraction of sp³-hybridized carbons (Fsp3) is 0.421. The number of carbonyl (C=O) groups excluding carboxylic acids is 2. The highest BCUT2D eigenvalue weighted by Gasteiger charge is 2.47. The maximum atomic E-state index is 13.1. The predicted molar refractivity (Wildman–Crippen MR) is 90.9 cm³/mol. The molecule has 1 aliphatic rings. The summed E-state index contributed by atoms with van der Waals surface area (Å²) < 4.78 is 16.5. The number of rotatable bonds is 3. The second-order valence-corrected chi connectivity index (χ2v) is 7.15. The van der Waals surface area contributed by atoms with E-state index in [1.807, 2.05) is 13.8 Å². The van der Waals surface area contributed by atoms with Crippen LogP contribution in [0.15, 0.2) is 33.5 Å². The van der Waals surface area contributed by atoms with E-state index in [9.17, 15) is 14.4 Å². The Balaban J connectivity index is 2.08. The van der Waals surface area contributed by atoms with Gasteiger partial charge in [0.2, 0.25) is 11.9 Å². The summed E-state index contributed by atoms with van der Waals surface area (Å²) in [6, 6.07) is 6.23. The molecule has 0 N–H and O–H groups in total. The lowest BCUT2D eigenvalue weighted by Gasteiger charge is -2.38. The third-order valence-electron chi connectivity index (χ3n) is 4.06. The second-order valence-electron chi connectivity index (χ2n) is 7.15. The van der Waals surface area contributed by atoms with E-state index >= 15 is 0 Å². The number of carbonyl (C=O) groups is 2. The third kappa shape index (κ3) is 3.16. The Hall–Kier alpha value is -2.63. The molecule has 2 heterocycles. The zero-order chi connectivity index (χ0) is 18.4. The Morgan fingerprint density at radius 2 is 1.88 bits per heavy atom. The van der Waals surface area contributed by atoms with Crippen LogP contribution in [0, 0.1) is 5.92 Å². The molecular weight excluding hydrogens is 324 g/mol. The van der Waals surface area contributed by atoms with Crippen LogP contribution in [0.3, 0.4) is 0 Å². The Morgan fingerprint density at radius 3 is 2.56 bits per heavy atom. The van der Waals surface area contributed by atoms with E-state index in [0.29, 0.717) is 11.1 Å². The van der Waals surface area contributed by atoms with Crippen LogP contribution in [-0.2, 0) is 9.53 Å². The van der Waals surface area contributed by atoms with Crippen LogP contribution < -0.4 is 10.4 Å². The minimum absolute atomic E-state index is 0.112. The largest absolute Gasteiger partial charge is 0.483 e. The van der Waals surface area contributed by atoms with Gasteiger partial charge in [-0.1, -0.05) is 13.8 Å². The molecule has 0 fully saturated rings. The Bertz CT molecular complexity index is 906. The number of hydrogen-bond acceptors (Lipinski definition) is 6. The van der Waals surface area contributed by atoms with Crippen molar-refractivity contribution in [2.45, 2.75) is 45.8 Å². The summed E-state index contributed by atoms with van der Waals surface area (Å²) in [6.45, 7) is 7.16. The van der Waals surface area contributed by atoms with Crippen molar-refractivity contribution in [3.63, 3.8) is 0 Å². The molecule has 1 aromatic carbocycles. The van der Waals surface area contributed by atoms with Gasteiger partial charge in [-0.2, -0.15) is 0 Å². The molecule has 2 aromatic rings. The summed E-state index contributed by atoms with van der Waals surface area (Å²) in [5, 5.41) is 0.599. The molecule has 0 saturated carbocycles. The van der Waals surface area contributed by atoms with Crippen molar-refractivity contribution in [3.05, 3.63) is 40.2 Å². The Labute approximate surface area is 144 Å². The first-order valence-corrected chi connectivity index (χ1v) is 8.18. The number of esters is 1. The van der Waals surface area contributed by atoms with Gasteiger partial charge in [-0.05, 0) is 38.0 Å². The minimum atomic E-state index is -1.11. The first-order chi connectivity index (χ1) is 11.7. The molecule has 6 nitrogen and oxygen atoms in total. The lowest BCUT2D eigenvalue weighted by Crippen LogP contribution is -2.52. The molecule has 1 aliphatic heterocycles.